The number of nitrogens with zero attached hydrogens (tertiary/aromatic N) is 2. The summed E-state index contributed by atoms with van der Waals surface area (Å²) in [4.78, 5) is 6.84. The largest absolute Gasteiger partial charge is 0.390 e. The highest BCUT2D eigenvalue weighted by atomic mass is 16.3. The van der Waals surface area contributed by atoms with Crippen molar-refractivity contribution in [3.63, 3.8) is 0 Å². The Bertz CT molecular complexity index is 374. The molecule has 3 heteroatoms. The second kappa shape index (κ2) is 5.05. The van der Waals surface area contributed by atoms with Gasteiger partial charge in [-0.25, -0.2) is 4.98 Å². The highest BCUT2D eigenvalue weighted by molar-refractivity contribution is 5.41. The van der Waals surface area contributed by atoms with E-state index in [-0.39, 0.29) is 6.61 Å². The Kier molecular flexibility index (Phi) is 3.67. The van der Waals surface area contributed by atoms with Crippen LogP contribution < -0.4 is 4.90 Å². The molecule has 1 saturated heterocycles. The summed E-state index contributed by atoms with van der Waals surface area (Å²) in [6, 6.07) is 5.89. The van der Waals surface area contributed by atoms with Crippen molar-refractivity contribution in [1.29, 1.82) is 0 Å². The number of hydrogen-bond donors (Lipinski definition) is 1. The van der Waals surface area contributed by atoms with Gasteiger partial charge in [-0.2, -0.15) is 0 Å². The number of aromatic nitrogens is 1. The zero-order valence-electron chi connectivity index (χ0n) is 10.8. The Hall–Kier alpha value is -1.09. The highest BCUT2D eigenvalue weighted by Crippen LogP contribution is 2.38. The number of pyridine rings is 1. The lowest BCUT2D eigenvalue weighted by Crippen LogP contribution is -2.26. The summed E-state index contributed by atoms with van der Waals surface area (Å²) in [6.45, 7) is 6.77. The molecular formula is C14H22N2O. The van der Waals surface area contributed by atoms with Crippen LogP contribution in [-0.4, -0.2) is 23.2 Å². The van der Waals surface area contributed by atoms with Gasteiger partial charge in [-0.15, -0.1) is 0 Å². The predicted molar refractivity (Wildman–Crippen MR) is 70.0 cm³/mol. The Morgan fingerprint density at radius 1 is 1.35 bits per heavy atom. The Morgan fingerprint density at radius 3 is 2.71 bits per heavy atom. The highest BCUT2D eigenvalue weighted by Gasteiger charge is 2.35. The molecule has 3 nitrogen and oxygen atoms in total. The molecule has 0 spiro atoms. The quantitative estimate of drug-likeness (QED) is 0.870. The van der Waals surface area contributed by atoms with Crippen molar-refractivity contribution in [2.75, 3.05) is 18.0 Å². The fraction of sp³-hybridized carbons (Fsp3) is 0.643. The lowest BCUT2D eigenvalue weighted by molar-refractivity contribution is 0.277. The Morgan fingerprint density at radius 2 is 2.12 bits per heavy atom. The zero-order valence-corrected chi connectivity index (χ0v) is 10.8. The summed E-state index contributed by atoms with van der Waals surface area (Å²) in [7, 11) is 0. The third-order valence-electron chi connectivity index (χ3n) is 4.22. The first-order valence-electron chi connectivity index (χ1n) is 6.55. The van der Waals surface area contributed by atoms with Gasteiger partial charge in [0.2, 0.25) is 0 Å². The Balaban J connectivity index is 2.14. The topological polar surface area (TPSA) is 36.4 Å². The summed E-state index contributed by atoms with van der Waals surface area (Å²) in [5, 5.41) is 9.12. The minimum Gasteiger partial charge on any atom is -0.390 e. The molecule has 94 valence electrons. The monoisotopic (exact) mass is 234 g/mol. The van der Waals surface area contributed by atoms with Gasteiger partial charge in [0, 0.05) is 13.1 Å². The van der Waals surface area contributed by atoms with Crippen LogP contribution in [0.1, 0.15) is 38.8 Å². The van der Waals surface area contributed by atoms with E-state index < -0.39 is 0 Å². The van der Waals surface area contributed by atoms with E-state index in [0.717, 1.165) is 24.6 Å². The molecule has 1 fully saturated rings. The molecule has 1 aliphatic heterocycles. The van der Waals surface area contributed by atoms with Gasteiger partial charge < -0.3 is 10.0 Å². The molecule has 17 heavy (non-hydrogen) atoms. The van der Waals surface area contributed by atoms with E-state index in [1.54, 1.807) is 0 Å². The van der Waals surface area contributed by atoms with Crippen LogP contribution in [0.2, 0.25) is 0 Å². The van der Waals surface area contributed by atoms with Crippen LogP contribution in [0.25, 0.3) is 0 Å². The van der Waals surface area contributed by atoms with E-state index in [1.807, 2.05) is 18.2 Å². The fourth-order valence-corrected chi connectivity index (χ4v) is 2.69. The van der Waals surface area contributed by atoms with Crippen LogP contribution in [0.4, 0.5) is 5.82 Å². The number of rotatable bonds is 4. The zero-order chi connectivity index (χ0) is 12.3. The average molecular weight is 234 g/mol. The van der Waals surface area contributed by atoms with Gasteiger partial charge in [-0.3, -0.25) is 0 Å². The molecule has 2 rings (SSSR count). The average Bonchev–Trinajstić information content (AvgIpc) is 2.84. The van der Waals surface area contributed by atoms with Crippen LogP contribution in [0.3, 0.4) is 0 Å². The summed E-state index contributed by atoms with van der Waals surface area (Å²) in [5.74, 6) is 1.01. The smallest absolute Gasteiger partial charge is 0.128 e. The van der Waals surface area contributed by atoms with E-state index in [4.69, 9.17) is 5.11 Å². The van der Waals surface area contributed by atoms with E-state index in [1.165, 1.54) is 19.3 Å². The number of hydrogen-bond acceptors (Lipinski definition) is 3. The molecule has 0 unspecified atom stereocenters. The standard InChI is InChI=1S/C14H22N2O/c1-3-14(4-2)8-9-16(11-14)13-7-5-6-12(10-17)15-13/h5-7,17H,3-4,8-11H2,1-2H3. The molecule has 0 saturated carbocycles. The van der Waals surface area contributed by atoms with Crippen LogP contribution >= 0.6 is 0 Å². The van der Waals surface area contributed by atoms with Crippen molar-refractivity contribution in [1.82, 2.24) is 4.98 Å². The number of aliphatic hydroxyl groups is 1. The molecule has 0 amide bonds. The van der Waals surface area contributed by atoms with Gasteiger partial charge in [0.1, 0.15) is 5.82 Å². The first-order valence-corrected chi connectivity index (χ1v) is 6.55. The van der Waals surface area contributed by atoms with Gasteiger partial charge in [0.15, 0.2) is 0 Å². The molecule has 1 aromatic rings. The van der Waals surface area contributed by atoms with Gasteiger partial charge in [0.25, 0.3) is 0 Å². The molecule has 0 bridgehead atoms. The maximum Gasteiger partial charge on any atom is 0.128 e. The lowest BCUT2D eigenvalue weighted by atomic mass is 9.82. The van der Waals surface area contributed by atoms with Gasteiger partial charge >= 0.3 is 0 Å². The van der Waals surface area contributed by atoms with Crippen LogP contribution in [0.5, 0.6) is 0 Å². The van der Waals surface area contributed by atoms with Crippen LogP contribution in [0, 0.1) is 5.41 Å². The lowest BCUT2D eigenvalue weighted by Gasteiger charge is -2.26. The molecule has 1 N–H and O–H groups in total. The number of aliphatic hydroxyl groups excluding tert-OH is 1. The van der Waals surface area contributed by atoms with Crippen molar-refractivity contribution in [2.24, 2.45) is 5.41 Å². The van der Waals surface area contributed by atoms with Crippen molar-refractivity contribution < 1.29 is 5.11 Å². The van der Waals surface area contributed by atoms with E-state index in [9.17, 15) is 0 Å². The normalized spacial score (nSPS) is 18.6. The third-order valence-corrected chi connectivity index (χ3v) is 4.22. The van der Waals surface area contributed by atoms with Crippen LogP contribution in [-0.2, 0) is 6.61 Å². The van der Waals surface area contributed by atoms with Gasteiger partial charge in [0.05, 0.1) is 12.3 Å². The van der Waals surface area contributed by atoms with E-state index in [0.29, 0.717) is 5.41 Å². The molecule has 1 aromatic heterocycles. The van der Waals surface area contributed by atoms with E-state index in [2.05, 4.69) is 23.7 Å². The third kappa shape index (κ3) is 2.44. The summed E-state index contributed by atoms with van der Waals surface area (Å²) < 4.78 is 0. The maximum absolute atomic E-state index is 9.12. The van der Waals surface area contributed by atoms with Crippen molar-refractivity contribution >= 4 is 5.82 Å². The van der Waals surface area contributed by atoms with Crippen molar-refractivity contribution in [3.05, 3.63) is 23.9 Å². The second-order valence-corrected chi connectivity index (χ2v) is 5.02. The minimum atomic E-state index is 0.0222. The molecule has 0 aliphatic carbocycles. The summed E-state index contributed by atoms with van der Waals surface area (Å²) >= 11 is 0. The molecule has 0 radical (unpaired) electrons. The van der Waals surface area contributed by atoms with Gasteiger partial charge in [-0.1, -0.05) is 19.9 Å². The molecule has 2 heterocycles. The summed E-state index contributed by atoms with van der Waals surface area (Å²) in [6.07, 6.45) is 3.73. The SMILES string of the molecule is CCC1(CC)CCN(c2cccc(CO)n2)C1. The second-order valence-electron chi connectivity index (χ2n) is 5.02. The number of anilines is 1. The fourth-order valence-electron chi connectivity index (χ4n) is 2.69. The molecule has 0 aromatic carbocycles. The van der Waals surface area contributed by atoms with E-state index >= 15 is 0 Å². The maximum atomic E-state index is 9.12. The van der Waals surface area contributed by atoms with Crippen LogP contribution in [0.15, 0.2) is 18.2 Å². The van der Waals surface area contributed by atoms with Crippen molar-refractivity contribution in [3.8, 4) is 0 Å². The summed E-state index contributed by atoms with van der Waals surface area (Å²) in [5.41, 5.74) is 1.23. The van der Waals surface area contributed by atoms with Crippen molar-refractivity contribution in [2.45, 2.75) is 39.7 Å². The molecule has 1 aliphatic rings. The molecule has 0 atom stereocenters. The first-order chi connectivity index (χ1) is 8.23. The molecular weight excluding hydrogens is 212 g/mol. The predicted octanol–water partition coefficient (Wildman–Crippen LogP) is 2.59. The minimum absolute atomic E-state index is 0.0222. The Labute approximate surface area is 103 Å². The van der Waals surface area contributed by atoms with Gasteiger partial charge in [-0.05, 0) is 36.8 Å². The first kappa shape index (κ1) is 12.4.